The van der Waals surface area contributed by atoms with Crippen molar-refractivity contribution in [3.05, 3.63) is 59.7 Å². The molecule has 0 aliphatic heterocycles. The molecular weight excluding hydrogens is 434 g/mol. The molecule has 1 aliphatic rings. The van der Waals surface area contributed by atoms with Crippen molar-refractivity contribution in [1.29, 1.82) is 0 Å². The Hall–Kier alpha value is -3.49. The number of nitrogens with one attached hydrogen (secondary N) is 2. The Labute approximate surface area is 190 Å². The van der Waals surface area contributed by atoms with Crippen molar-refractivity contribution in [3.8, 4) is 11.1 Å². The van der Waals surface area contributed by atoms with Crippen molar-refractivity contribution >= 4 is 18.0 Å². The molecule has 0 saturated carbocycles. The maximum atomic E-state index is 12.9. The summed E-state index contributed by atoms with van der Waals surface area (Å²) in [6.45, 7) is 1.83. The number of amides is 2. The summed E-state index contributed by atoms with van der Waals surface area (Å²) < 4.78 is 31.3. The van der Waals surface area contributed by atoms with E-state index in [2.05, 4.69) is 5.32 Å². The summed E-state index contributed by atoms with van der Waals surface area (Å²) in [5.41, 5.74) is 4.32. The lowest BCUT2D eigenvalue weighted by atomic mass is 9.98. The number of alkyl halides is 2. The molecule has 9 heteroatoms. The SMILES string of the molecule is CC[C@H](CC(=O)NC(CC(=O)O)C(F)F)NC(=O)OCC1c2ccccc2-c2ccccc21. The van der Waals surface area contributed by atoms with Crippen molar-refractivity contribution in [2.75, 3.05) is 6.61 Å². The monoisotopic (exact) mass is 460 g/mol. The second-order valence-electron chi connectivity index (χ2n) is 7.89. The van der Waals surface area contributed by atoms with E-state index in [-0.39, 0.29) is 18.9 Å². The lowest BCUT2D eigenvalue weighted by Crippen LogP contribution is -2.45. The van der Waals surface area contributed by atoms with Gasteiger partial charge in [0.2, 0.25) is 5.91 Å². The molecule has 176 valence electrons. The number of carbonyl (C=O) groups excluding carboxylic acids is 2. The predicted molar refractivity (Wildman–Crippen MR) is 117 cm³/mol. The fraction of sp³-hybridized carbons (Fsp3) is 0.375. The highest BCUT2D eigenvalue weighted by atomic mass is 19.3. The van der Waals surface area contributed by atoms with Crippen molar-refractivity contribution in [3.63, 3.8) is 0 Å². The Kier molecular flexibility index (Phi) is 7.97. The number of halogens is 2. The smallest absolute Gasteiger partial charge is 0.407 e. The maximum absolute atomic E-state index is 12.9. The Balaban J connectivity index is 1.55. The molecule has 0 radical (unpaired) electrons. The molecule has 2 aromatic rings. The number of hydrogen-bond acceptors (Lipinski definition) is 4. The van der Waals surface area contributed by atoms with Gasteiger partial charge in [0.05, 0.1) is 6.42 Å². The molecule has 1 unspecified atom stereocenters. The fourth-order valence-corrected chi connectivity index (χ4v) is 3.98. The van der Waals surface area contributed by atoms with Gasteiger partial charge in [-0.05, 0) is 28.7 Å². The van der Waals surface area contributed by atoms with E-state index in [1.165, 1.54) is 0 Å². The first kappa shape index (κ1) is 24.2. The van der Waals surface area contributed by atoms with E-state index in [0.29, 0.717) is 6.42 Å². The topological polar surface area (TPSA) is 105 Å². The molecule has 0 fully saturated rings. The van der Waals surface area contributed by atoms with Gasteiger partial charge in [0.15, 0.2) is 0 Å². The number of carbonyl (C=O) groups is 3. The molecule has 2 amide bonds. The van der Waals surface area contributed by atoms with E-state index in [9.17, 15) is 23.2 Å². The van der Waals surface area contributed by atoms with E-state index in [1.807, 2.05) is 53.8 Å². The van der Waals surface area contributed by atoms with Gasteiger partial charge in [0, 0.05) is 18.4 Å². The first-order valence-electron chi connectivity index (χ1n) is 10.7. The molecular formula is C24H26F2N2O5. The van der Waals surface area contributed by atoms with Crippen LogP contribution in [0, 0.1) is 0 Å². The number of carboxylic acids is 1. The molecule has 1 aliphatic carbocycles. The first-order chi connectivity index (χ1) is 15.8. The van der Waals surface area contributed by atoms with E-state index >= 15 is 0 Å². The Bertz CT molecular complexity index is 968. The van der Waals surface area contributed by atoms with Gasteiger partial charge in [-0.1, -0.05) is 55.5 Å². The number of ether oxygens (including phenoxy) is 1. The Morgan fingerprint density at radius 3 is 2.06 bits per heavy atom. The van der Waals surface area contributed by atoms with Gasteiger partial charge in [0.25, 0.3) is 6.43 Å². The van der Waals surface area contributed by atoms with Crippen LogP contribution in [0.2, 0.25) is 0 Å². The molecule has 0 aromatic heterocycles. The third-order valence-corrected chi connectivity index (χ3v) is 5.64. The Morgan fingerprint density at radius 2 is 1.55 bits per heavy atom. The predicted octanol–water partition coefficient (Wildman–Crippen LogP) is 3.92. The van der Waals surface area contributed by atoms with Gasteiger partial charge >= 0.3 is 12.1 Å². The van der Waals surface area contributed by atoms with Crippen molar-refractivity contribution in [1.82, 2.24) is 10.6 Å². The largest absolute Gasteiger partial charge is 0.481 e. The molecule has 3 N–H and O–H groups in total. The number of alkyl carbamates (subject to hydrolysis) is 1. The van der Waals surface area contributed by atoms with Gasteiger partial charge in [-0.25, -0.2) is 13.6 Å². The van der Waals surface area contributed by atoms with Gasteiger partial charge < -0.3 is 20.5 Å². The fourth-order valence-electron chi connectivity index (χ4n) is 3.98. The molecule has 0 bridgehead atoms. The molecule has 0 heterocycles. The van der Waals surface area contributed by atoms with Crippen LogP contribution in [0.3, 0.4) is 0 Å². The highest BCUT2D eigenvalue weighted by Gasteiger charge is 2.30. The van der Waals surface area contributed by atoms with Crippen LogP contribution in [0.1, 0.15) is 43.2 Å². The zero-order chi connectivity index (χ0) is 24.0. The second kappa shape index (κ2) is 10.9. The lowest BCUT2D eigenvalue weighted by molar-refractivity contribution is -0.139. The molecule has 7 nitrogen and oxygen atoms in total. The third-order valence-electron chi connectivity index (χ3n) is 5.64. The van der Waals surface area contributed by atoms with E-state index in [1.54, 1.807) is 6.92 Å². The lowest BCUT2D eigenvalue weighted by Gasteiger charge is -2.20. The van der Waals surface area contributed by atoms with Crippen molar-refractivity contribution in [2.45, 2.75) is 50.6 Å². The number of benzene rings is 2. The van der Waals surface area contributed by atoms with E-state index < -0.39 is 42.9 Å². The van der Waals surface area contributed by atoms with E-state index in [4.69, 9.17) is 9.84 Å². The minimum atomic E-state index is -3.01. The first-order valence-corrected chi connectivity index (χ1v) is 10.7. The second-order valence-corrected chi connectivity index (χ2v) is 7.89. The van der Waals surface area contributed by atoms with Crippen LogP contribution in [0.4, 0.5) is 13.6 Å². The van der Waals surface area contributed by atoms with Gasteiger partial charge in [-0.15, -0.1) is 0 Å². The minimum absolute atomic E-state index is 0.106. The quantitative estimate of drug-likeness (QED) is 0.499. The van der Waals surface area contributed by atoms with E-state index in [0.717, 1.165) is 22.3 Å². The summed E-state index contributed by atoms with van der Waals surface area (Å²) in [7, 11) is 0. The zero-order valence-corrected chi connectivity index (χ0v) is 18.1. The summed E-state index contributed by atoms with van der Waals surface area (Å²) in [4.78, 5) is 35.2. The van der Waals surface area contributed by atoms with Crippen molar-refractivity contribution in [2.24, 2.45) is 0 Å². The van der Waals surface area contributed by atoms with Crippen LogP contribution >= 0.6 is 0 Å². The van der Waals surface area contributed by atoms with Crippen molar-refractivity contribution < 1.29 is 33.0 Å². The minimum Gasteiger partial charge on any atom is -0.481 e. The van der Waals surface area contributed by atoms with Gasteiger partial charge in [-0.2, -0.15) is 0 Å². The summed E-state index contributed by atoms with van der Waals surface area (Å²) >= 11 is 0. The normalized spacial score (nSPS) is 14.2. The Morgan fingerprint density at radius 1 is 0.970 bits per heavy atom. The van der Waals surface area contributed by atoms with Crippen LogP contribution in [0.15, 0.2) is 48.5 Å². The summed E-state index contributed by atoms with van der Waals surface area (Å²) in [6.07, 6.45) is -4.54. The summed E-state index contributed by atoms with van der Waals surface area (Å²) in [6, 6.07) is 13.4. The van der Waals surface area contributed by atoms with Gasteiger partial charge in [-0.3, -0.25) is 9.59 Å². The molecule has 2 atom stereocenters. The molecule has 2 aromatic carbocycles. The average molecular weight is 460 g/mol. The molecule has 0 spiro atoms. The summed E-state index contributed by atoms with van der Waals surface area (Å²) in [5.74, 6) is -2.33. The summed E-state index contributed by atoms with van der Waals surface area (Å²) in [5, 5.41) is 13.3. The molecule has 33 heavy (non-hydrogen) atoms. The highest BCUT2D eigenvalue weighted by molar-refractivity contribution is 5.80. The molecule has 3 rings (SSSR count). The molecule has 0 saturated heterocycles. The third kappa shape index (κ3) is 6.06. The number of aliphatic carboxylic acids is 1. The van der Waals surface area contributed by atoms with Crippen LogP contribution in [-0.4, -0.2) is 48.2 Å². The maximum Gasteiger partial charge on any atom is 0.407 e. The number of rotatable bonds is 10. The van der Waals surface area contributed by atoms with Crippen LogP contribution in [-0.2, 0) is 14.3 Å². The van der Waals surface area contributed by atoms with Crippen LogP contribution < -0.4 is 10.6 Å². The van der Waals surface area contributed by atoms with Crippen LogP contribution in [0.5, 0.6) is 0 Å². The number of hydrogen-bond donors (Lipinski definition) is 3. The number of fused-ring (bicyclic) bond motifs is 3. The average Bonchev–Trinajstić information content (AvgIpc) is 3.10. The highest BCUT2D eigenvalue weighted by Crippen LogP contribution is 2.44. The standard InChI is InChI=1S/C24H26F2N2O5/c1-2-14(11-21(29)28-20(23(25)26)12-22(30)31)27-24(32)33-13-19-17-9-5-3-7-15(17)16-8-4-6-10-18(16)19/h3-10,14,19-20,23H,2,11-13H2,1H3,(H,27,32)(H,28,29)(H,30,31)/t14-,20?/m1/s1. The van der Waals surface area contributed by atoms with Gasteiger partial charge in [0.1, 0.15) is 12.6 Å². The van der Waals surface area contributed by atoms with Crippen LogP contribution in [0.25, 0.3) is 11.1 Å². The number of carboxylic acid groups (broad SMARTS) is 1. The zero-order valence-electron chi connectivity index (χ0n) is 18.1.